The molecule has 4 heteroatoms. The molecule has 0 radical (unpaired) electrons. The van der Waals surface area contributed by atoms with Crippen LogP contribution in [0.15, 0.2) is 36.4 Å². The summed E-state index contributed by atoms with van der Waals surface area (Å²) in [5, 5.41) is 29.7. The summed E-state index contributed by atoms with van der Waals surface area (Å²) in [4.78, 5) is 2.08. The molecular weight excluding hydrogens is 254 g/mol. The third kappa shape index (κ3) is 2.25. The second kappa shape index (κ2) is 4.96. The van der Waals surface area contributed by atoms with Crippen molar-refractivity contribution >= 4 is 5.69 Å². The average molecular weight is 271 g/mol. The first-order valence-electron chi connectivity index (χ1n) is 6.75. The highest BCUT2D eigenvalue weighted by molar-refractivity contribution is 5.80. The summed E-state index contributed by atoms with van der Waals surface area (Å²) in [5.74, 6) is 0.483. The van der Waals surface area contributed by atoms with Gasteiger partial charge in [-0.3, -0.25) is 0 Å². The molecular formula is C16H17NO3. The second-order valence-electron chi connectivity index (χ2n) is 5.10. The number of nitrogens with zero attached hydrogens (tertiary/aromatic N) is 1. The molecule has 1 saturated heterocycles. The summed E-state index contributed by atoms with van der Waals surface area (Å²) in [5.41, 5.74) is 2.01. The fourth-order valence-electron chi connectivity index (χ4n) is 2.66. The largest absolute Gasteiger partial charge is 0.508 e. The van der Waals surface area contributed by atoms with E-state index in [0.29, 0.717) is 11.3 Å². The Kier molecular flexibility index (Phi) is 3.14. The molecule has 0 bridgehead atoms. The van der Waals surface area contributed by atoms with E-state index in [1.165, 1.54) is 0 Å². The minimum absolute atomic E-state index is 0.132. The van der Waals surface area contributed by atoms with Crippen molar-refractivity contribution in [2.45, 2.75) is 12.8 Å². The zero-order valence-electron chi connectivity index (χ0n) is 11.1. The van der Waals surface area contributed by atoms with Gasteiger partial charge in [0.25, 0.3) is 0 Å². The summed E-state index contributed by atoms with van der Waals surface area (Å²) in [6.07, 6.45) is 2.20. The Morgan fingerprint density at radius 2 is 1.45 bits per heavy atom. The van der Waals surface area contributed by atoms with Crippen LogP contribution < -0.4 is 4.90 Å². The van der Waals surface area contributed by atoms with Gasteiger partial charge in [-0.15, -0.1) is 0 Å². The molecule has 0 aliphatic carbocycles. The Balaban J connectivity index is 2.08. The van der Waals surface area contributed by atoms with Crippen molar-refractivity contribution in [1.82, 2.24) is 0 Å². The third-order valence-electron chi connectivity index (χ3n) is 3.70. The number of hydrogen-bond acceptors (Lipinski definition) is 4. The van der Waals surface area contributed by atoms with E-state index in [4.69, 9.17) is 0 Å². The molecule has 4 nitrogen and oxygen atoms in total. The van der Waals surface area contributed by atoms with Crippen molar-refractivity contribution in [2.75, 3.05) is 18.0 Å². The summed E-state index contributed by atoms with van der Waals surface area (Å²) < 4.78 is 0. The van der Waals surface area contributed by atoms with Gasteiger partial charge in [0.05, 0.1) is 5.69 Å². The molecule has 1 aliphatic rings. The second-order valence-corrected chi connectivity index (χ2v) is 5.10. The molecule has 2 aromatic carbocycles. The molecule has 1 aliphatic heterocycles. The van der Waals surface area contributed by atoms with Gasteiger partial charge in [0, 0.05) is 24.7 Å². The maximum Gasteiger partial charge on any atom is 0.146 e. The summed E-state index contributed by atoms with van der Waals surface area (Å²) in [6.45, 7) is 1.79. The molecule has 0 spiro atoms. The van der Waals surface area contributed by atoms with Crippen molar-refractivity contribution in [3.63, 3.8) is 0 Å². The first-order chi connectivity index (χ1) is 9.65. The molecule has 104 valence electrons. The molecule has 20 heavy (non-hydrogen) atoms. The number of hydrogen-bond donors (Lipinski definition) is 3. The first kappa shape index (κ1) is 12.7. The van der Waals surface area contributed by atoms with Crippen LogP contribution in [-0.4, -0.2) is 28.4 Å². The molecule has 0 unspecified atom stereocenters. The highest BCUT2D eigenvalue weighted by Gasteiger charge is 2.19. The fourth-order valence-corrected chi connectivity index (χ4v) is 2.66. The normalized spacial score (nSPS) is 14.7. The van der Waals surface area contributed by atoms with Crippen LogP contribution in [-0.2, 0) is 0 Å². The van der Waals surface area contributed by atoms with Gasteiger partial charge in [-0.05, 0) is 36.6 Å². The molecule has 0 amide bonds. The van der Waals surface area contributed by atoms with Gasteiger partial charge in [0.2, 0.25) is 0 Å². The van der Waals surface area contributed by atoms with Crippen molar-refractivity contribution in [3.05, 3.63) is 36.4 Å². The van der Waals surface area contributed by atoms with Crippen LogP contribution in [0, 0.1) is 0 Å². The summed E-state index contributed by atoms with van der Waals surface area (Å²) >= 11 is 0. The van der Waals surface area contributed by atoms with Gasteiger partial charge in [-0.2, -0.15) is 0 Å². The van der Waals surface area contributed by atoms with E-state index in [2.05, 4.69) is 4.90 Å². The van der Waals surface area contributed by atoms with Gasteiger partial charge in [0.15, 0.2) is 0 Å². The van der Waals surface area contributed by atoms with Crippen LogP contribution in [0.3, 0.4) is 0 Å². The van der Waals surface area contributed by atoms with Crippen molar-refractivity contribution in [2.24, 2.45) is 0 Å². The number of phenols is 3. The lowest BCUT2D eigenvalue weighted by atomic mass is 10.0. The van der Waals surface area contributed by atoms with E-state index in [1.807, 2.05) is 0 Å². The molecule has 0 atom stereocenters. The minimum atomic E-state index is 0.132. The van der Waals surface area contributed by atoms with Gasteiger partial charge < -0.3 is 20.2 Å². The summed E-state index contributed by atoms with van der Waals surface area (Å²) in [6, 6.07) is 9.71. The molecule has 1 heterocycles. The Labute approximate surface area is 117 Å². The SMILES string of the molecule is Oc1ccc(-c2cc(O)cc(N3CCCC3)c2O)cc1. The first-order valence-corrected chi connectivity index (χ1v) is 6.75. The number of rotatable bonds is 2. The zero-order valence-corrected chi connectivity index (χ0v) is 11.1. The van der Waals surface area contributed by atoms with Gasteiger partial charge in [0.1, 0.15) is 17.2 Å². The van der Waals surface area contributed by atoms with Gasteiger partial charge >= 0.3 is 0 Å². The monoisotopic (exact) mass is 271 g/mol. The lowest BCUT2D eigenvalue weighted by molar-refractivity contribution is 0.461. The average Bonchev–Trinajstić information content (AvgIpc) is 2.96. The molecule has 1 fully saturated rings. The Bertz CT molecular complexity index is 616. The van der Waals surface area contributed by atoms with E-state index in [-0.39, 0.29) is 17.2 Å². The van der Waals surface area contributed by atoms with Crippen molar-refractivity contribution in [3.8, 4) is 28.4 Å². The van der Waals surface area contributed by atoms with Crippen LogP contribution in [0.1, 0.15) is 12.8 Å². The number of anilines is 1. The molecule has 0 aromatic heterocycles. The standard InChI is InChI=1S/C16H17NO3/c18-12-5-3-11(4-6-12)14-9-13(19)10-15(16(14)20)17-7-1-2-8-17/h3-6,9-10,18-20H,1-2,7-8H2. The minimum Gasteiger partial charge on any atom is -0.508 e. The summed E-state index contributed by atoms with van der Waals surface area (Å²) in [7, 11) is 0. The number of aromatic hydroxyl groups is 3. The van der Waals surface area contributed by atoms with Crippen LogP contribution in [0.25, 0.3) is 11.1 Å². The van der Waals surface area contributed by atoms with Gasteiger partial charge in [-0.25, -0.2) is 0 Å². The number of benzene rings is 2. The van der Waals surface area contributed by atoms with Crippen molar-refractivity contribution < 1.29 is 15.3 Å². The van der Waals surface area contributed by atoms with E-state index >= 15 is 0 Å². The zero-order chi connectivity index (χ0) is 14.1. The molecule has 3 rings (SSSR count). The molecule has 0 saturated carbocycles. The lowest BCUT2D eigenvalue weighted by Gasteiger charge is -2.21. The van der Waals surface area contributed by atoms with E-state index < -0.39 is 0 Å². The van der Waals surface area contributed by atoms with E-state index in [9.17, 15) is 15.3 Å². The van der Waals surface area contributed by atoms with Gasteiger partial charge in [-0.1, -0.05) is 12.1 Å². The molecule has 3 N–H and O–H groups in total. The van der Waals surface area contributed by atoms with E-state index in [0.717, 1.165) is 31.5 Å². The fraction of sp³-hybridized carbons (Fsp3) is 0.250. The lowest BCUT2D eigenvalue weighted by Crippen LogP contribution is -2.17. The van der Waals surface area contributed by atoms with Crippen LogP contribution in [0.2, 0.25) is 0 Å². The topological polar surface area (TPSA) is 63.9 Å². The third-order valence-corrected chi connectivity index (χ3v) is 3.70. The van der Waals surface area contributed by atoms with E-state index in [1.54, 1.807) is 36.4 Å². The van der Waals surface area contributed by atoms with Crippen molar-refractivity contribution in [1.29, 1.82) is 0 Å². The predicted octanol–water partition coefficient (Wildman–Crippen LogP) is 3.07. The maximum absolute atomic E-state index is 10.5. The predicted molar refractivity (Wildman–Crippen MR) is 78.3 cm³/mol. The number of phenolic OH excluding ortho intramolecular Hbond substituents is 3. The Morgan fingerprint density at radius 3 is 2.10 bits per heavy atom. The van der Waals surface area contributed by atoms with Crippen LogP contribution >= 0.6 is 0 Å². The molecule has 2 aromatic rings. The highest BCUT2D eigenvalue weighted by atomic mass is 16.3. The quantitative estimate of drug-likeness (QED) is 0.734. The Hall–Kier alpha value is -2.36. The van der Waals surface area contributed by atoms with Crippen LogP contribution in [0.5, 0.6) is 17.2 Å². The van der Waals surface area contributed by atoms with Crippen LogP contribution in [0.4, 0.5) is 5.69 Å². The maximum atomic E-state index is 10.5. The highest BCUT2D eigenvalue weighted by Crippen LogP contribution is 2.42. The smallest absolute Gasteiger partial charge is 0.146 e. The Morgan fingerprint density at radius 1 is 0.800 bits per heavy atom.